The summed E-state index contributed by atoms with van der Waals surface area (Å²) in [6.07, 6.45) is 9.60. The van der Waals surface area contributed by atoms with Gasteiger partial charge in [0, 0.05) is 23.2 Å². The molecular weight excluding hydrogens is 332 g/mol. The highest BCUT2D eigenvalue weighted by Crippen LogP contribution is 2.45. The van der Waals surface area contributed by atoms with E-state index in [0.29, 0.717) is 11.7 Å². The van der Waals surface area contributed by atoms with E-state index in [1.54, 1.807) is 0 Å². The molecule has 134 valence electrons. The third kappa shape index (κ3) is 2.54. The van der Waals surface area contributed by atoms with E-state index in [9.17, 15) is 4.79 Å². The number of allylic oxidation sites excluding steroid dienone is 1. The van der Waals surface area contributed by atoms with Gasteiger partial charge in [0.2, 0.25) is 0 Å². The first kappa shape index (κ1) is 16.1. The smallest absolute Gasteiger partial charge is 0.265 e. The van der Waals surface area contributed by atoms with Crippen LogP contribution in [0.2, 0.25) is 0 Å². The molecule has 0 spiro atoms. The van der Waals surface area contributed by atoms with Gasteiger partial charge in [0.15, 0.2) is 0 Å². The summed E-state index contributed by atoms with van der Waals surface area (Å²) in [7, 11) is 0. The van der Waals surface area contributed by atoms with Crippen molar-refractivity contribution in [3.05, 3.63) is 101 Å². The summed E-state index contributed by atoms with van der Waals surface area (Å²) >= 11 is 0. The Kier molecular flexibility index (Phi) is 3.57. The van der Waals surface area contributed by atoms with Crippen molar-refractivity contribution in [2.24, 2.45) is 5.73 Å². The molecule has 0 atom stereocenters. The minimum atomic E-state index is -0.334. The quantitative estimate of drug-likeness (QED) is 0.738. The second-order valence-electron chi connectivity index (χ2n) is 7.63. The summed E-state index contributed by atoms with van der Waals surface area (Å²) < 4.78 is 2.11. The number of nitrogens with two attached hydrogens (primary N) is 1. The van der Waals surface area contributed by atoms with E-state index in [1.807, 2.05) is 0 Å². The zero-order valence-electron chi connectivity index (χ0n) is 15.1. The number of nitrogens with zero attached hydrogens (tertiary/aromatic N) is 1. The largest absolute Gasteiger partial charge is 0.364 e. The number of hydrogen-bond acceptors (Lipinski definition) is 1. The average Bonchev–Trinajstić information content (AvgIpc) is 3.49. The van der Waals surface area contributed by atoms with E-state index in [4.69, 9.17) is 5.73 Å². The molecule has 2 N–H and O–H groups in total. The van der Waals surface area contributed by atoms with Crippen molar-refractivity contribution in [1.82, 2.24) is 4.57 Å². The predicted molar refractivity (Wildman–Crippen MR) is 108 cm³/mol. The summed E-state index contributed by atoms with van der Waals surface area (Å²) in [6, 6.07) is 21.6. The molecule has 0 aliphatic heterocycles. The Morgan fingerprint density at radius 2 is 1.56 bits per heavy atom. The maximum Gasteiger partial charge on any atom is 0.265 e. The summed E-state index contributed by atoms with van der Waals surface area (Å²) in [5.41, 5.74) is 10.9. The van der Waals surface area contributed by atoms with Crippen LogP contribution in [0.3, 0.4) is 0 Å². The first-order valence-electron chi connectivity index (χ1n) is 9.53. The van der Waals surface area contributed by atoms with E-state index >= 15 is 0 Å². The summed E-state index contributed by atoms with van der Waals surface area (Å²) in [5.74, 6) is -0.334. The van der Waals surface area contributed by atoms with Crippen molar-refractivity contribution >= 4 is 12.0 Å². The lowest BCUT2D eigenvalue weighted by Crippen LogP contribution is -2.30. The van der Waals surface area contributed by atoms with Gasteiger partial charge in [-0.15, -0.1) is 0 Å². The molecule has 3 nitrogen and oxygen atoms in total. The topological polar surface area (TPSA) is 48.0 Å². The fourth-order valence-corrected chi connectivity index (χ4v) is 4.44. The Morgan fingerprint density at radius 1 is 0.963 bits per heavy atom. The highest BCUT2D eigenvalue weighted by atomic mass is 16.1. The molecule has 3 heteroatoms. The van der Waals surface area contributed by atoms with Crippen molar-refractivity contribution in [3.8, 4) is 0 Å². The first-order chi connectivity index (χ1) is 13.2. The van der Waals surface area contributed by atoms with Crippen molar-refractivity contribution in [2.75, 3.05) is 0 Å². The molecule has 0 radical (unpaired) electrons. The van der Waals surface area contributed by atoms with Gasteiger partial charge in [-0.25, -0.2) is 0 Å². The molecular formula is C24H22N2O. The van der Waals surface area contributed by atoms with Gasteiger partial charge >= 0.3 is 0 Å². The van der Waals surface area contributed by atoms with E-state index in [1.165, 1.54) is 16.7 Å². The monoisotopic (exact) mass is 354 g/mol. The number of primary amides is 1. The molecule has 1 saturated carbocycles. The molecule has 2 aliphatic carbocycles. The maximum atomic E-state index is 12.2. The van der Waals surface area contributed by atoms with Crippen molar-refractivity contribution in [3.63, 3.8) is 0 Å². The second kappa shape index (κ2) is 5.98. The van der Waals surface area contributed by atoms with Gasteiger partial charge in [-0.05, 0) is 36.0 Å². The van der Waals surface area contributed by atoms with Crippen LogP contribution in [0.15, 0.2) is 72.9 Å². The van der Waals surface area contributed by atoms with Crippen LogP contribution in [-0.2, 0) is 11.8 Å². The Balaban J connectivity index is 1.70. The molecule has 2 aliphatic rings. The zero-order valence-corrected chi connectivity index (χ0v) is 15.1. The first-order valence-corrected chi connectivity index (χ1v) is 9.53. The Hall–Kier alpha value is -3.07. The number of fused-ring (bicyclic) bond motifs is 1. The van der Waals surface area contributed by atoms with Crippen LogP contribution in [-0.4, -0.2) is 10.5 Å². The number of rotatable bonds is 4. The fourth-order valence-electron chi connectivity index (χ4n) is 4.44. The van der Waals surface area contributed by atoms with Crippen LogP contribution in [0.4, 0.5) is 0 Å². The van der Waals surface area contributed by atoms with E-state index in [-0.39, 0.29) is 11.3 Å². The average molecular weight is 354 g/mol. The highest BCUT2D eigenvalue weighted by molar-refractivity contribution is 5.96. The van der Waals surface area contributed by atoms with Crippen molar-refractivity contribution in [2.45, 2.75) is 30.7 Å². The lowest BCUT2D eigenvalue weighted by Gasteiger charge is -2.34. The van der Waals surface area contributed by atoms with E-state index in [0.717, 1.165) is 24.8 Å². The van der Waals surface area contributed by atoms with Crippen LogP contribution in [0.25, 0.3) is 6.08 Å². The Labute approximate surface area is 159 Å². The van der Waals surface area contributed by atoms with Crippen LogP contribution >= 0.6 is 0 Å². The number of amides is 1. The molecule has 1 fully saturated rings. The summed E-state index contributed by atoms with van der Waals surface area (Å²) in [6.45, 7) is 0. The van der Waals surface area contributed by atoms with E-state index < -0.39 is 0 Å². The van der Waals surface area contributed by atoms with Gasteiger partial charge in [0.1, 0.15) is 5.69 Å². The third-order valence-corrected chi connectivity index (χ3v) is 5.91. The van der Waals surface area contributed by atoms with Gasteiger partial charge in [-0.3, -0.25) is 4.79 Å². The zero-order chi connectivity index (χ0) is 18.4. The van der Waals surface area contributed by atoms with Gasteiger partial charge in [0.05, 0.1) is 0 Å². The Bertz CT molecular complexity index is 988. The molecule has 2 aromatic carbocycles. The summed E-state index contributed by atoms with van der Waals surface area (Å²) in [4.78, 5) is 12.2. The minimum absolute atomic E-state index is 0.236. The molecule has 1 amide bonds. The molecule has 0 saturated heterocycles. The fraction of sp³-hybridized carbons (Fsp3) is 0.208. The number of carbonyl (C=O) groups is 1. The lowest BCUT2D eigenvalue weighted by atomic mass is 9.68. The minimum Gasteiger partial charge on any atom is -0.364 e. The maximum absolute atomic E-state index is 12.2. The molecule has 1 heterocycles. The van der Waals surface area contributed by atoms with Crippen molar-refractivity contribution in [1.29, 1.82) is 0 Å². The third-order valence-electron chi connectivity index (χ3n) is 5.91. The van der Waals surface area contributed by atoms with Gasteiger partial charge in [-0.1, -0.05) is 72.8 Å². The molecule has 1 aromatic heterocycles. The van der Waals surface area contributed by atoms with Crippen LogP contribution in [0.1, 0.15) is 51.6 Å². The Morgan fingerprint density at radius 3 is 2.07 bits per heavy atom. The normalized spacial score (nSPS) is 17.5. The molecule has 3 aromatic rings. The number of benzene rings is 2. The summed E-state index contributed by atoms with van der Waals surface area (Å²) in [5, 5.41) is 0. The number of hydrogen-bond donors (Lipinski definition) is 1. The highest BCUT2D eigenvalue weighted by Gasteiger charge is 2.38. The molecule has 27 heavy (non-hydrogen) atoms. The van der Waals surface area contributed by atoms with Gasteiger partial charge in [-0.2, -0.15) is 0 Å². The van der Waals surface area contributed by atoms with E-state index in [2.05, 4.69) is 83.6 Å². The number of carbonyl (C=O) groups excluding carboxylic acids is 1. The standard InChI is InChI=1S/C24H22N2O/c25-23(27)22-21-13-14-24(18-7-3-1-4-8-18,19-9-5-2-6-10-19)15-17(21)16-26(22)20-11-12-20/h1-10,13-14,16,20H,11-12,15H2,(H2,25,27). The SMILES string of the molecule is NC(=O)c1c2c(cn1C1CC1)CC(c1ccccc1)(c1ccccc1)C=C2. The predicted octanol–water partition coefficient (Wildman–Crippen LogP) is 4.48. The van der Waals surface area contributed by atoms with Gasteiger partial charge in [0.25, 0.3) is 5.91 Å². The molecule has 5 rings (SSSR count). The molecule has 0 bridgehead atoms. The second-order valence-corrected chi connectivity index (χ2v) is 7.63. The van der Waals surface area contributed by atoms with Gasteiger partial charge < -0.3 is 10.3 Å². The van der Waals surface area contributed by atoms with Crippen molar-refractivity contribution < 1.29 is 4.79 Å². The van der Waals surface area contributed by atoms with Crippen LogP contribution < -0.4 is 5.73 Å². The van der Waals surface area contributed by atoms with Crippen LogP contribution in [0.5, 0.6) is 0 Å². The lowest BCUT2D eigenvalue weighted by molar-refractivity contribution is 0.0991. The number of aromatic nitrogens is 1. The molecule has 0 unspecified atom stereocenters. The van der Waals surface area contributed by atoms with Crippen LogP contribution in [0, 0.1) is 0 Å².